The molecule has 22 heavy (non-hydrogen) atoms. The fourth-order valence-electron chi connectivity index (χ4n) is 1.60. The fraction of sp³-hybridized carbons (Fsp3) is 0.176. The Morgan fingerprint density at radius 2 is 1.36 bits per heavy atom. The summed E-state index contributed by atoms with van der Waals surface area (Å²) in [6.07, 6.45) is -0.872. The summed E-state index contributed by atoms with van der Waals surface area (Å²) in [7, 11) is 0. The van der Waals surface area contributed by atoms with E-state index >= 15 is 0 Å². The van der Waals surface area contributed by atoms with Crippen molar-refractivity contribution in [2.45, 2.75) is 13.0 Å². The molecule has 0 N–H and O–H groups in total. The summed E-state index contributed by atoms with van der Waals surface area (Å²) in [5, 5.41) is 0. The highest BCUT2D eigenvalue weighted by molar-refractivity contribution is 5.78. The van der Waals surface area contributed by atoms with Crippen LogP contribution < -0.4 is 9.47 Å². The van der Waals surface area contributed by atoms with Crippen molar-refractivity contribution in [2.75, 3.05) is 6.61 Å². The van der Waals surface area contributed by atoms with Gasteiger partial charge in [0.05, 0.1) is 0 Å². The molecule has 5 nitrogen and oxygen atoms in total. The minimum atomic E-state index is -0.872. The second-order valence-electron chi connectivity index (χ2n) is 4.47. The molecule has 0 aromatic heterocycles. The van der Waals surface area contributed by atoms with Gasteiger partial charge in [0.25, 0.3) is 0 Å². The standard InChI is InChI=1S/C17H16O5/c1-13(17(19)22-15-10-6-3-7-11-15)20-12-16(18)21-14-8-4-2-5-9-14/h2-11,13H,12H2,1H3. The Morgan fingerprint density at radius 1 is 0.864 bits per heavy atom. The van der Waals surface area contributed by atoms with Crippen molar-refractivity contribution in [1.29, 1.82) is 0 Å². The Hall–Kier alpha value is -2.66. The monoisotopic (exact) mass is 300 g/mol. The van der Waals surface area contributed by atoms with Crippen molar-refractivity contribution in [3.8, 4) is 11.5 Å². The number of hydrogen-bond acceptors (Lipinski definition) is 5. The molecule has 2 aromatic rings. The van der Waals surface area contributed by atoms with Gasteiger partial charge < -0.3 is 14.2 Å². The number of carbonyl (C=O) groups is 2. The lowest BCUT2D eigenvalue weighted by atomic mass is 10.3. The summed E-state index contributed by atoms with van der Waals surface area (Å²) in [5.74, 6) is -0.297. The first-order chi connectivity index (χ1) is 10.6. The maximum atomic E-state index is 11.8. The summed E-state index contributed by atoms with van der Waals surface area (Å²) >= 11 is 0. The molecule has 0 bridgehead atoms. The number of hydrogen-bond donors (Lipinski definition) is 0. The number of benzene rings is 2. The van der Waals surface area contributed by atoms with Crippen LogP contribution in [0.3, 0.4) is 0 Å². The van der Waals surface area contributed by atoms with Crippen LogP contribution in [0.25, 0.3) is 0 Å². The fourth-order valence-corrected chi connectivity index (χ4v) is 1.60. The highest BCUT2D eigenvalue weighted by atomic mass is 16.6. The molecule has 1 unspecified atom stereocenters. The van der Waals surface area contributed by atoms with Crippen LogP contribution in [0.2, 0.25) is 0 Å². The molecule has 114 valence electrons. The molecule has 0 radical (unpaired) electrons. The van der Waals surface area contributed by atoms with Crippen LogP contribution >= 0.6 is 0 Å². The second-order valence-corrected chi connectivity index (χ2v) is 4.47. The minimum absolute atomic E-state index is 0.333. The van der Waals surface area contributed by atoms with E-state index in [0.29, 0.717) is 11.5 Å². The SMILES string of the molecule is CC(OCC(=O)Oc1ccccc1)C(=O)Oc1ccccc1. The van der Waals surface area contributed by atoms with Gasteiger partial charge in [0, 0.05) is 0 Å². The molecule has 0 saturated carbocycles. The number of rotatable bonds is 6. The largest absolute Gasteiger partial charge is 0.425 e. The number of carbonyl (C=O) groups excluding carboxylic acids is 2. The average molecular weight is 300 g/mol. The Kier molecular flexibility index (Phi) is 5.68. The van der Waals surface area contributed by atoms with Crippen LogP contribution in [0.1, 0.15) is 6.92 Å². The van der Waals surface area contributed by atoms with Gasteiger partial charge in [0.15, 0.2) is 6.10 Å². The van der Waals surface area contributed by atoms with Crippen LogP contribution in [-0.4, -0.2) is 24.6 Å². The van der Waals surface area contributed by atoms with Gasteiger partial charge in [-0.15, -0.1) is 0 Å². The third kappa shape index (κ3) is 5.03. The molecular formula is C17H16O5. The zero-order valence-corrected chi connectivity index (χ0v) is 12.1. The summed E-state index contributed by atoms with van der Waals surface area (Å²) in [6, 6.07) is 17.3. The van der Waals surface area contributed by atoms with E-state index in [9.17, 15) is 9.59 Å². The van der Waals surface area contributed by atoms with Gasteiger partial charge in [0.2, 0.25) is 0 Å². The molecule has 0 aliphatic heterocycles. The van der Waals surface area contributed by atoms with E-state index in [1.54, 1.807) is 48.5 Å². The number of esters is 2. The van der Waals surface area contributed by atoms with Crippen molar-refractivity contribution >= 4 is 11.9 Å². The molecule has 0 spiro atoms. The summed E-state index contributed by atoms with van der Waals surface area (Å²) < 4.78 is 15.3. The van der Waals surface area contributed by atoms with E-state index in [-0.39, 0.29) is 6.61 Å². The van der Waals surface area contributed by atoms with E-state index in [1.165, 1.54) is 6.92 Å². The summed E-state index contributed by atoms with van der Waals surface area (Å²) in [5.41, 5.74) is 0. The molecule has 0 aliphatic rings. The minimum Gasteiger partial charge on any atom is -0.425 e. The van der Waals surface area contributed by atoms with Crippen LogP contribution in [0.5, 0.6) is 11.5 Å². The lowest BCUT2D eigenvalue weighted by Gasteiger charge is -2.12. The molecule has 0 heterocycles. The van der Waals surface area contributed by atoms with Gasteiger partial charge in [-0.05, 0) is 31.2 Å². The van der Waals surface area contributed by atoms with Gasteiger partial charge in [-0.25, -0.2) is 9.59 Å². The van der Waals surface area contributed by atoms with Crippen molar-refractivity contribution in [3.63, 3.8) is 0 Å². The van der Waals surface area contributed by atoms with Gasteiger partial charge in [-0.3, -0.25) is 0 Å². The molecule has 0 saturated heterocycles. The molecule has 2 aromatic carbocycles. The lowest BCUT2D eigenvalue weighted by Crippen LogP contribution is -2.29. The Balaban J connectivity index is 1.76. The van der Waals surface area contributed by atoms with Crippen LogP contribution in [-0.2, 0) is 14.3 Å². The van der Waals surface area contributed by atoms with E-state index < -0.39 is 18.0 Å². The van der Waals surface area contributed by atoms with E-state index in [2.05, 4.69) is 0 Å². The molecular weight excluding hydrogens is 284 g/mol. The molecule has 0 amide bonds. The van der Waals surface area contributed by atoms with E-state index in [4.69, 9.17) is 14.2 Å². The van der Waals surface area contributed by atoms with Crippen LogP contribution in [0.4, 0.5) is 0 Å². The Labute approximate surface area is 128 Å². The van der Waals surface area contributed by atoms with Gasteiger partial charge >= 0.3 is 11.9 Å². The predicted molar refractivity (Wildman–Crippen MR) is 79.6 cm³/mol. The molecule has 0 fully saturated rings. The molecule has 1 atom stereocenters. The topological polar surface area (TPSA) is 61.8 Å². The van der Waals surface area contributed by atoms with Crippen molar-refractivity contribution in [2.24, 2.45) is 0 Å². The molecule has 2 rings (SSSR count). The number of para-hydroxylation sites is 2. The normalized spacial score (nSPS) is 11.5. The Morgan fingerprint density at radius 3 is 1.91 bits per heavy atom. The third-order valence-electron chi connectivity index (χ3n) is 2.72. The van der Waals surface area contributed by atoms with Crippen LogP contribution in [0, 0.1) is 0 Å². The van der Waals surface area contributed by atoms with Crippen molar-refractivity contribution in [1.82, 2.24) is 0 Å². The highest BCUT2D eigenvalue weighted by Crippen LogP contribution is 2.11. The summed E-state index contributed by atoms with van der Waals surface area (Å²) in [6.45, 7) is 1.18. The maximum Gasteiger partial charge on any atom is 0.340 e. The lowest BCUT2D eigenvalue weighted by molar-refractivity contribution is -0.152. The van der Waals surface area contributed by atoms with Crippen molar-refractivity contribution < 1.29 is 23.8 Å². The average Bonchev–Trinajstić information content (AvgIpc) is 2.54. The third-order valence-corrected chi connectivity index (χ3v) is 2.72. The second kappa shape index (κ2) is 7.95. The van der Waals surface area contributed by atoms with E-state index in [1.807, 2.05) is 12.1 Å². The number of ether oxygens (including phenoxy) is 3. The van der Waals surface area contributed by atoms with E-state index in [0.717, 1.165) is 0 Å². The van der Waals surface area contributed by atoms with Crippen LogP contribution in [0.15, 0.2) is 60.7 Å². The smallest absolute Gasteiger partial charge is 0.340 e. The molecule has 5 heteroatoms. The van der Waals surface area contributed by atoms with Gasteiger partial charge in [-0.1, -0.05) is 36.4 Å². The quantitative estimate of drug-likeness (QED) is 0.606. The first kappa shape index (κ1) is 15.7. The maximum absolute atomic E-state index is 11.8. The first-order valence-corrected chi connectivity index (χ1v) is 6.79. The van der Waals surface area contributed by atoms with Gasteiger partial charge in [0.1, 0.15) is 18.1 Å². The molecule has 0 aliphatic carbocycles. The highest BCUT2D eigenvalue weighted by Gasteiger charge is 2.18. The zero-order valence-electron chi connectivity index (χ0n) is 12.1. The van der Waals surface area contributed by atoms with Gasteiger partial charge in [-0.2, -0.15) is 0 Å². The summed E-state index contributed by atoms with van der Waals surface area (Å²) in [4.78, 5) is 23.4. The zero-order chi connectivity index (χ0) is 15.8. The van der Waals surface area contributed by atoms with Crippen molar-refractivity contribution in [3.05, 3.63) is 60.7 Å². The first-order valence-electron chi connectivity index (χ1n) is 6.79. The Bertz CT molecular complexity index is 609. The predicted octanol–water partition coefficient (Wildman–Crippen LogP) is 2.60.